The fourth-order valence-corrected chi connectivity index (χ4v) is 2.58. The smallest absolute Gasteiger partial charge is 0.167 e. The topological polar surface area (TPSA) is 119 Å². The molecule has 1 saturated heterocycles. The minimum atomic E-state index is -1.09. The largest absolute Gasteiger partial charge is 0.388 e. The van der Waals surface area contributed by atoms with E-state index in [1.807, 2.05) is 0 Å². The normalized spacial score (nSPS) is 30.1. The number of nitrogens with two attached hydrogens (primary N) is 1. The summed E-state index contributed by atoms with van der Waals surface area (Å²) in [6.45, 7) is 0. The van der Waals surface area contributed by atoms with Crippen molar-refractivity contribution in [1.82, 2.24) is 19.5 Å². The van der Waals surface area contributed by atoms with Gasteiger partial charge in [0, 0.05) is 5.88 Å². The van der Waals surface area contributed by atoms with Crippen molar-refractivity contribution in [2.75, 3.05) is 11.6 Å². The molecule has 9 heteroatoms. The van der Waals surface area contributed by atoms with Crippen LogP contribution < -0.4 is 5.73 Å². The summed E-state index contributed by atoms with van der Waals surface area (Å²) in [6.07, 6.45) is -0.183. The summed E-state index contributed by atoms with van der Waals surface area (Å²) >= 11 is 5.65. The van der Waals surface area contributed by atoms with Crippen LogP contribution in [0.1, 0.15) is 12.6 Å². The number of aliphatic hydroxyl groups is 2. The third-order valence-corrected chi connectivity index (χ3v) is 3.61. The van der Waals surface area contributed by atoms with Crippen LogP contribution in [0.4, 0.5) is 5.82 Å². The summed E-state index contributed by atoms with van der Waals surface area (Å²) in [5.74, 6) is 0.583. The van der Waals surface area contributed by atoms with E-state index in [4.69, 9.17) is 22.1 Å². The Balaban J connectivity index is 1.97. The fourth-order valence-electron chi connectivity index (χ4n) is 2.36. The third kappa shape index (κ3) is 2.01. The van der Waals surface area contributed by atoms with E-state index in [0.717, 1.165) is 0 Å². The molecule has 2 aromatic rings. The highest BCUT2D eigenvalue weighted by Crippen LogP contribution is 2.33. The van der Waals surface area contributed by atoms with Crippen molar-refractivity contribution in [2.45, 2.75) is 31.0 Å². The van der Waals surface area contributed by atoms with Gasteiger partial charge in [0.15, 0.2) is 17.7 Å². The predicted octanol–water partition coefficient (Wildman–Crippen LogP) is -0.343. The summed E-state index contributed by atoms with van der Waals surface area (Å²) < 4.78 is 7.19. The standard InChI is InChI=1S/C11H14ClN5O3/c12-2-1-5-7(18)8(19)11(20-5)17-4-16-6-9(13)14-3-15-10(6)17/h3-5,7-8,11,18-19H,1-2H2,(H2,13,14,15)/t5-,7-,8-,11-/m1/s1. The molecule has 0 amide bonds. The predicted molar refractivity (Wildman–Crippen MR) is 71.0 cm³/mol. The van der Waals surface area contributed by atoms with Gasteiger partial charge in [0.2, 0.25) is 0 Å². The van der Waals surface area contributed by atoms with Crippen LogP contribution >= 0.6 is 11.6 Å². The minimum absolute atomic E-state index is 0.249. The molecule has 0 unspecified atom stereocenters. The number of hydrogen-bond acceptors (Lipinski definition) is 7. The molecule has 1 aliphatic rings. The zero-order chi connectivity index (χ0) is 14.3. The molecule has 0 bridgehead atoms. The Bertz CT molecular complexity index is 621. The van der Waals surface area contributed by atoms with E-state index in [1.54, 1.807) is 0 Å². The Morgan fingerprint density at radius 3 is 2.85 bits per heavy atom. The molecule has 4 atom stereocenters. The van der Waals surface area contributed by atoms with Crippen LogP contribution in [-0.2, 0) is 4.74 Å². The first kappa shape index (κ1) is 13.5. The van der Waals surface area contributed by atoms with E-state index in [0.29, 0.717) is 23.5 Å². The molecule has 0 radical (unpaired) electrons. The molecule has 4 N–H and O–H groups in total. The summed E-state index contributed by atoms with van der Waals surface area (Å²) in [5, 5.41) is 20.1. The highest BCUT2D eigenvalue weighted by Gasteiger charge is 2.43. The first-order valence-corrected chi connectivity index (χ1v) is 6.67. The number of aliphatic hydroxyl groups excluding tert-OH is 2. The van der Waals surface area contributed by atoms with Gasteiger partial charge in [-0.25, -0.2) is 15.0 Å². The second kappa shape index (κ2) is 5.13. The van der Waals surface area contributed by atoms with Crippen molar-refractivity contribution in [3.8, 4) is 0 Å². The Hall–Kier alpha value is -1.48. The first-order valence-electron chi connectivity index (χ1n) is 6.14. The molecule has 1 fully saturated rings. The lowest BCUT2D eigenvalue weighted by Crippen LogP contribution is -2.31. The van der Waals surface area contributed by atoms with Crippen molar-refractivity contribution in [3.63, 3.8) is 0 Å². The van der Waals surface area contributed by atoms with E-state index in [1.165, 1.54) is 17.2 Å². The highest BCUT2D eigenvalue weighted by atomic mass is 35.5. The van der Waals surface area contributed by atoms with Crippen LogP contribution in [0.3, 0.4) is 0 Å². The molecule has 0 aromatic carbocycles. The SMILES string of the molecule is Nc1ncnc2c1ncn2[C@@H]1O[C@H](CCCl)[C@@H](O)[C@H]1O. The van der Waals surface area contributed by atoms with Crippen molar-refractivity contribution in [2.24, 2.45) is 0 Å². The Kier molecular flexibility index (Phi) is 3.47. The lowest BCUT2D eigenvalue weighted by Gasteiger charge is -2.16. The molecule has 108 valence electrons. The zero-order valence-corrected chi connectivity index (χ0v) is 11.2. The van der Waals surface area contributed by atoms with Gasteiger partial charge in [-0.3, -0.25) is 4.57 Å². The van der Waals surface area contributed by atoms with Crippen LogP contribution in [-0.4, -0.2) is 53.9 Å². The second-order valence-corrected chi connectivity index (χ2v) is 4.98. The summed E-state index contributed by atoms with van der Waals surface area (Å²) in [4.78, 5) is 12.0. The molecular formula is C11H14ClN5O3. The number of aromatic nitrogens is 4. The molecule has 1 aliphatic heterocycles. The van der Waals surface area contributed by atoms with Crippen LogP contribution in [0, 0.1) is 0 Å². The first-order chi connectivity index (χ1) is 9.63. The van der Waals surface area contributed by atoms with Gasteiger partial charge in [0.1, 0.15) is 24.1 Å². The molecule has 3 heterocycles. The summed E-state index contributed by atoms with van der Waals surface area (Å²) in [7, 11) is 0. The Morgan fingerprint density at radius 1 is 1.30 bits per heavy atom. The minimum Gasteiger partial charge on any atom is -0.388 e. The molecular weight excluding hydrogens is 286 g/mol. The van der Waals surface area contributed by atoms with Crippen molar-refractivity contribution in [1.29, 1.82) is 0 Å². The van der Waals surface area contributed by atoms with Gasteiger partial charge >= 0.3 is 0 Å². The van der Waals surface area contributed by atoms with Gasteiger partial charge in [0.05, 0.1) is 12.4 Å². The zero-order valence-electron chi connectivity index (χ0n) is 10.4. The fraction of sp³-hybridized carbons (Fsp3) is 0.545. The van der Waals surface area contributed by atoms with Gasteiger partial charge in [0.25, 0.3) is 0 Å². The number of alkyl halides is 1. The molecule has 2 aromatic heterocycles. The Morgan fingerprint density at radius 2 is 2.10 bits per heavy atom. The number of rotatable bonds is 3. The number of imidazole rings is 1. The lowest BCUT2D eigenvalue weighted by molar-refractivity contribution is -0.0353. The van der Waals surface area contributed by atoms with Gasteiger partial charge in [-0.2, -0.15) is 0 Å². The van der Waals surface area contributed by atoms with Crippen LogP contribution in [0.2, 0.25) is 0 Å². The number of hydrogen-bond donors (Lipinski definition) is 3. The van der Waals surface area contributed by atoms with Crippen LogP contribution in [0.25, 0.3) is 11.2 Å². The quantitative estimate of drug-likeness (QED) is 0.663. The molecule has 0 aliphatic carbocycles. The summed E-state index contributed by atoms with van der Waals surface area (Å²) in [5.41, 5.74) is 6.58. The molecule has 0 spiro atoms. The van der Waals surface area contributed by atoms with Gasteiger partial charge in [-0.15, -0.1) is 11.6 Å². The van der Waals surface area contributed by atoms with E-state index >= 15 is 0 Å². The number of fused-ring (bicyclic) bond motifs is 1. The molecule has 3 rings (SSSR count). The monoisotopic (exact) mass is 299 g/mol. The Labute approximate surface area is 119 Å². The number of nitrogen functional groups attached to an aromatic ring is 1. The maximum absolute atomic E-state index is 10.1. The maximum Gasteiger partial charge on any atom is 0.167 e. The van der Waals surface area contributed by atoms with Gasteiger partial charge < -0.3 is 20.7 Å². The van der Waals surface area contributed by atoms with E-state index in [9.17, 15) is 10.2 Å². The van der Waals surface area contributed by atoms with E-state index in [2.05, 4.69) is 15.0 Å². The maximum atomic E-state index is 10.1. The van der Waals surface area contributed by atoms with Crippen molar-refractivity contribution >= 4 is 28.6 Å². The van der Waals surface area contributed by atoms with Crippen LogP contribution in [0.5, 0.6) is 0 Å². The number of ether oxygens (including phenoxy) is 1. The van der Waals surface area contributed by atoms with Crippen molar-refractivity contribution < 1.29 is 14.9 Å². The van der Waals surface area contributed by atoms with Gasteiger partial charge in [-0.05, 0) is 6.42 Å². The number of nitrogens with zero attached hydrogens (tertiary/aromatic N) is 4. The molecule has 20 heavy (non-hydrogen) atoms. The van der Waals surface area contributed by atoms with Crippen LogP contribution in [0.15, 0.2) is 12.7 Å². The van der Waals surface area contributed by atoms with Crippen molar-refractivity contribution in [3.05, 3.63) is 12.7 Å². The number of anilines is 1. The highest BCUT2D eigenvalue weighted by molar-refractivity contribution is 6.17. The molecule has 0 saturated carbocycles. The average molecular weight is 300 g/mol. The summed E-state index contributed by atoms with van der Waals surface area (Å²) in [6, 6.07) is 0. The van der Waals surface area contributed by atoms with E-state index < -0.39 is 24.5 Å². The van der Waals surface area contributed by atoms with Gasteiger partial charge in [-0.1, -0.05) is 0 Å². The van der Waals surface area contributed by atoms with E-state index in [-0.39, 0.29) is 5.82 Å². The lowest BCUT2D eigenvalue weighted by atomic mass is 10.1. The number of halogens is 1. The average Bonchev–Trinajstić information content (AvgIpc) is 2.97. The molecule has 8 nitrogen and oxygen atoms in total. The second-order valence-electron chi connectivity index (χ2n) is 4.61. The third-order valence-electron chi connectivity index (χ3n) is 3.39.